The number of nitrogens with one attached hydrogen (secondary N) is 3. The molecule has 0 unspecified atom stereocenters. The van der Waals surface area contributed by atoms with Crippen molar-refractivity contribution in [2.45, 2.75) is 6.42 Å². The van der Waals surface area contributed by atoms with E-state index in [1.165, 1.54) is 19.2 Å². The van der Waals surface area contributed by atoms with Crippen molar-refractivity contribution < 1.29 is 13.9 Å². The molecule has 1 heterocycles. The number of ether oxygens (including phenoxy) is 1. The number of aromatic amines is 1. The highest BCUT2D eigenvalue weighted by molar-refractivity contribution is 7.80. The number of carbonyl (C=O) groups is 1. The van der Waals surface area contributed by atoms with E-state index in [0.29, 0.717) is 29.3 Å². The maximum Gasteiger partial charge on any atom is 0.337 e. The van der Waals surface area contributed by atoms with Crippen LogP contribution in [-0.2, 0) is 11.2 Å². The minimum atomic E-state index is -0.404. The lowest BCUT2D eigenvalue weighted by molar-refractivity contribution is 0.0601. The lowest BCUT2D eigenvalue weighted by Crippen LogP contribution is -2.30. The molecule has 0 bridgehead atoms. The standard InChI is InChI=1S/C19H18FN3O2S/c1-25-18(24)12-3-2-4-15(9-12)23-19(26)21-8-7-13-11-22-17-6-5-14(20)10-16(13)17/h2-6,9-11,22H,7-8H2,1H3,(H2,21,23,26). The van der Waals surface area contributed by atoms with Gasteiger partial charge in [0.1, 0.15) is 5.82 Å². The number of methoxy groups -OCH3 is 1. The number of anilines is 1. The molecular formula is C19H18FN3O2S. The van der Waals surface area contributed by atoms with Crippen LogP contribution in [0.3, 0.4) is 0 Å². The Kier molecular flexibility index (Phi) is 5.48. The maximum atomic E-state index is 13.4. The number of benzene rings is 2. The smallest absolute Gasteiger partial charge is 0.337 e. The Labute approximate surface area is 155 Å². The normalized spacial score (nSPS) is 10.5. The molecule has 0 spiro atoms. The first-order valence-electron chi connectivity index (χ1n) is 8.05. The van der Waals surface area contributed by atoms with Crippen molar-refractivity contribution in [2.24, 2.45) is 0 Å². The number of thiocarbonyl (C=S) groups is 1. The van der Waals surface area contributed by atoms with Gasteiger partial charge in [0, 0.05) is 29.3 Å². The van der Waals surface area contributed by atoms with E-state index in [1.807, 2.05) is 12.3 Å². The van der Waals surface area contributed by atoms with Crippen LogP contribution in [0, 0.1) is 5.82 Å². The van der Waals surface area contributed by atoms with Crippen molar-refractivity contribution >= 4 is 39.9 Å². The van der Waals surface area contributed by atoms with E-state index in [2.05, 4.69) is 15.6 Å². The summed E-state index contributed by atoms with van der Waals surface area (Å²) in [6, 6.07) is 11.6. The first-order valence-corrected chi connectivity index (χ1v) is 8.46. The number of aromatic nitrogens is 1. The maximum absolute atomic E-state index is 13.4. The van der Waals surface area contributed by atoms with Crippen LogP contribution >= 0.6 is 12.2 Å². The summed E-state index contributed by atoms with van der Waals surface area (Å²) in [6.07, 6.45) is 2.57. The molecule has 0 saturated carbocycles. The minimum Gasteiger partial charge on any atom is -0.465 e. The third-order valence-electron chi connectivity index (χ3n) is 3.95. The molecule has 2 aromatic carbocycles. The number of halogens is 1. The highest BCUT2D eigenvalue weighted by Gasteiger charge is 2.07. The monoisotopic (exact) mass is 371 g/mol. The zero-order valence-electron chi connectivity index (χ0n) is 14.1. The van der Waals surface area contributed by atoms with Crippen LogP contribution in [0.1, 0.15) is 15.9 Å². The molecule has 26 heavy (non-hydrogen) atoms. The van der Waals surface area contributed by atoms with Crippen molar-refractivity contribution in [1.82, 2.24) is 10.3 Å². The summed E-state index contributed by atoms with van der Waals surface area (Å²) >= 11 is 5.28. The van der Waals surface area contributed by atoms with Crippen LogP contribution in [0.5, 0.6) is 0 Å². The average molecular weight is 371 g/mol. The number of carbonyl (C=O) groups excluding carboxylic acids is 1. The van der Waals surface area contributed by atoms with Gasteiger partial charge in [0.25, 0.3) is 0 Å². The summed E-state index contributed by atoms with van der Waals surface area (Å²) in [6.45, 7) is 0.589. The lowest BCUT2D eigenvalue weighted by atomic mass is 10.1. The van der Waals surface area contributed by atoms with E-state index in [1.54, 1.807) is 24.3 Å². The average Bonchev–Trinajstić information content (AvgIpc) is 3.03. The largest absolute Gasteiger partial charge is 0.465 e. The van der Waals surface area contributed by atoms with Crippen LogP contribution in [0.15, 0.2) is 48.7 Å². The van der Waals surface area contributed by atoms with Gasteiger partial charge in [-0.05, 0) is 60.6 Å². The summed E-state index contributed by atoms with van der Waals surface area (Å²) in [5, 5.41) is 7.45. The summed E-state index contributed by atoms with van der Waals surface area (Å²) in [5.74, 6) is -0.659. The molecule has 0 fully saturated rings. The fraction of sp³-hybridized carbons (Fsp3) is 0.158. The quantitative estimate of drug-likeness (QED) is 0.472. The molecule has 3 aromatic rings. The van der Waals surface area contributed by atoms with Crippen LogP contribution in [0.25, 0.3) is 10.9 Å². The molecule has 0 atom stereocenters. The predicted molar refractivity (Wildman–Crippen MR) is 104 cm³/mol. The van der Waals surface area contributed by atoms with Gasteiger partial charge in [0.05, 0.1) is 12.7 Å². The van der Waals surface area contributed by atoms with Gasteiger partial charge in [-0.2, -0.15) is 0 Å². The summed E-state index contributed by atoms with van der Waals surface area (Å²) in [7, 11) is 1.34. The third kappa shape index (κ3) is 4.18. The fourth-order valence-electron chi connectivity index (χ4n) is 2.69. The van der Waals surface area contributed by atoms with E-state index in [9.17, 15) is 9.18 Å². The number of H-pyrrole nitrogens is 1. The second-order valence-electron chi connectivity index (χ2n) is 5.71. The number of rotatable bonds is 5. The molecule has 1 aromatic heterocycles. The molecule has 5 nitrogen and oxygen atoms in total. The van der Waals surface area contributed by atoms with Gasteiger partial charge in [-0.25, -0.2) is 9.18 Å². The van der Waals surface area contributed by atoms with Crippen molar-refractivity contribution in [2.75, 3.05) is 19.0 Å². The highest BCUT2D eigenvalue weighted by Crippen LogP contribution is 2.19. The molecule has 7 heteroatoms. The number of esters is 1. The lowest BCUT2D eigenvalue weighted by Gasteiger charge is -2.11. The SMILES string of the molecule is COC(=O)c1cccc(NC(=S)NCCc2c[nH]c3ccc(F)cc23)c1. The summed E-state index contributed by atoms with van der Waals surface area (Å²) in [5.41, 5.74) is 3.06. The van der Waals surface area contributed by atoms with E-state index < -0.39 is 5.97 Å². The fourth-order valence-corrected chi connectivity index (χ4v) is 2.91. The molecule has 0 radical (unpaired) electrons. The zero-order valence-corrected chi connectivity index (χ0v) is 15.0. The molecule has 0 aliphatic carbocycles. The highest BCUT2D eigenvalue weighted by atomic mass is 32.1. The predicted octanol–water partition coefficient (Wildman–Crippen LogP) is 3.62. The van der Waals surface area contributed by atoms with Crippen molar-refractivity contribution in [3.05, 3.63) is 65.6 Å². The Morgan fingerprint density at radius 2 is 2.12 bits per heavy atom. The summed E-state index contributed by atoms with van der Waals surface area (Å²) < 4.78 is 18.1. The Hall–Kier alpha value is -2.93. The van der Waals surface area contributed by atoms with Crippen LogP contribution in [0.2, 0.25) is 0 Å². The topological polar surface area (TPSA) is 66.2 Å². The molecule has 134 valence electrons. The Morgan fingerprint density at radius 3 is 2.92 bits per heavy atom. The summed E-state index contributed by atoms with van der Waals surface area (Å²) in [4.78, 5) is 14.7. The van der Waals surface area contributed by atoms with E-state index in [4.69, 9.17) is 17.0 Å². The van der Waals surface area contributed by atoms with Crippen LogP contribution in [0.4, 0.5) is 10.1 Å². The third-order valence-corrected chi connectivity index (χ3v) is 4.20. The first kappa shape index (κ1) is 17.9. The Balaban J connectivity index is 1.56. The van der Waals surface area contributed by atoms with Crippen LogP contribution in [-0.4, -0.2) is 29.7 Å². The van der Waals surface area contributed by atoms with E-state index in [-0.39, 0.29) is 5.82 Å². The molecule has 0 amide bonds. The van der Waals surface area contributed by atoms with Crippen LogP contribution < -0.4 is 10.6 Å². The van der Waals surface area contributed by atoms with Crippen molar-refractivity contribution in [3.63, 3.8) is 0 Å². The van der Waals surface area contributed by atoms with E-state index >= 15 is 0 Å². The molecule has 3 rings (SSSR count). The van der Waals surface area contributed by atoms with Gasteiger partial charge in [0.2, 0.25) is 0 Å². The van der Waals surface area contributed by atoms with Crippen molar-refractivity contribution in [3.8, 4) is 0 Å². The van der Waals surface area contributed by atoms with Gasteiger partial charge < -0.3 is 20.4 Å². The number of hydrogen-bond donors (Lipinski definition) is 3. The van der Waals surface area contributed by atoms with Gasteiger partial charge in [-0.15, -0.1) is 0 Å². The van der Waals surface area contributed by atoms with Gasteiger partial charge >= 0.3 is 5.97 Å². The second-order valence-corrected chi connectivity index (χ2v) is 6.12. The molecule has 3 N–H and O–H groups in total. The van der Waals surface area contributed by atoms with E-state index in [0.717, 1.165) is 16.5 Å². The van der Waals surface area contributed by atoms with Gasteiger partial charge in [0.15, 0.2) is 5.11 Å². The number of hydrogen-bond acceptors (Lipinski definition) is 3. The molecule has 0 saturated heterocycles. The zero-order chi connectivity index (χ0) is 18.5. The molecule has 0 aliphatic rings. The minimum absolute atomic E-state index is 0.256. The Morgan fingerprint density at radius 1 is 1.27 bits per heavy atom. The van der Waals surface area contributed by atoms with Gasteiger partial charge in [-0.3, -0.25) is 0 Å². The Bertz CT molecular complexity index is 955. The molecule has 0 aliphatic heterocycles. The second kappa shape index (κ2) is 7.97. The van der Waals surface area contributed by atoms with Crippen molar-refractivity contribution in [1.29, 1.82) is 0 Å². The first-order chi connectivity index (χ1) is 12.6. The molecular weight excluding hydrogens is 353 g/mol. The number of fused-ring (bicyclic) bond motifs is 1. The van der Waals surface area contributed by atoms with Gasteiger partial charge in [-0.1, -0.05) is 6.07 Å².